The summed E-state index contributed by atoms with van der Waals surface area (Å²) in [6, 6.07) is 7.03. The summed E-state index contributed by atoms with van der Waals surface area (Å²) in [7, 11) is 1.61. The molecule has 0 spiro atoms. The summed E-state index contributed by atoms with van der Waals surface area (Å²) >= 11 is 0. The molecule has 2 atom stereocenters. The SMILES string of the molecule is COc1ccccc1OCC(C)CNC(=O)[C@@H](N)C(C)C. The first-order valence-corrected chi connectivity index (χ1v) is 7.24. The van der Waals surface area contributed by atoms with Crippen LogP contribution in [0.3, 0.4) is 0 Å². The number of rotatable bonds is 8. The summed E-state index contributed by atoms with van der Waals surface area (Å²) < 4.78 is 10.9. The molecule has 0 heterocycles. The minimum Gasteiger partial charge on any atom is -0.493 e. The van der Waals surface area contributed by atoms with Crippen molar-refractivity contribution in [2.75, 3.05) is 20.3 Å². The molecule has 0 bridgehead atoms. The van der Waals surface area contributed by atoms with E-state index in [-0.39, 0.29) is 17.7 Å². The van der Waals surface area contributed by atoms with Gasteiger partial charge in [0.1, 0.15) is 0 Å². The monoisotopic (exact) mass is 294 g/mol. The van der Waals surface area contributed by atoms with E-state index in [2.05, 4.69) is 5.32 Å². The number of hydrogen-bond acceptors (Lipinski definition) is 4. The van der Waals surface area contributed by atoms with Gasteiger partial charge in [-0.1, -0.05) is 32.9 Å². The predicted molar refractivity (Wildman–Crippen MR) is 83.5 cm³/mol. The summed E-state index contributed by atoms with van der Waals surface area (Å²) in [5.74, 6) is 1.60. The lowest BCUT2D eigenvalue weighted by molar-refractivity contribution is -0.123. The highest BCUT2D eigenvalue weighted by Crippen LogP contribution is 2.26. The van der Waals surface area contributed by atoms with Crippen molar-refractivity contribution in [3.63, 3.8) is 0 Å². The number of nitrogens with two attached hydrogens (primary N) is 1. The summed E-state index contributed by atoms with van der Waals surface area (Å²) in [5, 5.41) is 2.85. The molecule has 1 amide bonds. The Kier molecular flexibility index (Phi) is 7.02. The molecule has 5 nitrogen and oxygen atoms in total. The van der Waals surface area contributed by atoms with Gasteiger partial charge in [0.25, 0.3) is 0 Å². The van der Waals surface area contributed by atoms with Crippen LogP contribution in [-0.2, 0) is 4.79 Å². The number of amides is 1. The Hall–Kier alpha value is -1.75. The van der Waals surface area contributed by atoms with Gasteiger partial charge in [0.05, 0.1) is 19.8 Å². The fourth-order valence-electron chi connectivity index (χ4n) is 1.72. The highest BCUT2D eigenvalue weighted by Gasteiger charge is 2.17. The first-order chi connectivity index (χ1) is 9.95. The topological polar surface area (TPSA) is 73.6 Å². The first-order valence-electron chi connectivity index (χ1n) is 7.24. The first kappa shape index (κ1) is 17.3. The van der Waals surface area contributed by atoms with E-state index < -0.39 is 6.04 Å². The fraction of sp³-hybridized carbons (Fsp3) is 0.562. The Morgan fingerprint density at radius 2 is 1.86 bits per heavy atom. The van der Waals surface area contributed by atoms with E-state index in [0.717, 1.165) is 0 Å². The fourth-order valence-corrected chi connectivity index (χ4v) is 1.72. The quantitative estimate of drug-likeness (QED) is 0.767. The molecular weight excluding hydrogens is 268 g/mol. The summed E-state index contributed by atoms with van der Waals surface area (Å²) in [5.41, 5.74) is 5.79. The molecule has 1 aromatic carbocycles. The zero-order chi connectivity index (χ0) is 15.8. The molecule has 118 valence electrons. The predicted octanol–water partition coefficient (Wildman–Crippen LogP) is 1.81. The van der Waals surface area contributed by atoms with Crippen LogP contribution in [0.2, 0.25) is 0 Å². The molecule has 0 radical (unpaired) electrons. The minimum atomic E-state index is -0.465. The van der Waals surface area contributed by atoms with Crippen molar-refractivity contribution in [3.05, 3.63) is 24.3 Å². The molecular formula is C16H26N2O3. The lowest BCUT2D eigenvalue weighted by Gasteiger charge is -2.18. The van der Waals surface area contributed by atoms with E-state index in [4.69, 9.17) is 15.2 Å². The summed E-state index contributed by atoms with van der Waals surface area (Å²) in [6.45, 7) is 6.90. The Bertz CT molecular complexity index is 449. The molecule has 0 aliphatic heterocycles. The molecule has 0 aliphatic carbocycles. The van der Waals surface area contributed by atoms with Crippen LogP contribution in [0.4, 0.5) is 0 Å². The Balaban J connectivity index is 2.37. The number of ether oxygens (including phenoxy) is 2. The van der Waals surface area contributed by atoms with Crippen molar-refractivity contribution in [2.24, 2.45) is 17.6 Å². The standard InChI is InChI=1S/C16H26N2O3/c1-11(2)15(17)16(19)18-9-12(3)10-21-14-8-6-5-7-13(14)20-4/h5-8,11-12,15H,9-10,17H2,1-4H3,(H,18,19)/t12?,15-/m0/s1. The van der Waals surface area contributed by atoms with Gasteiger partial charge in [-0.2, -0.15) is 0 Å². The van der Waals surface area contributed by atoms with Crippen LogP contribution >= 0.6 is 0 Å². The smallest absolute Gasteiger partial charge is 0.237 e. The molecule has 0 saturated heterocycles. The highest BCUT2D eigenvalue weighted by molar-refractivity contribution is 5.81. The van der Waals surface area contributed by atoms with Gasteiger partial charge in [-0.05, 0) is 18.1 Å². The van der Waals surface area contributed by atoms with Crippen LogP contribution in [0.1, 0.15) is 20.8 Å². The number of benzene rings is 1. The minimum absolute atomic E-state index is 0.117. The van der Waals surface area contributed by atoms with E-state index in [0.29, 0.717) is 24.7 Å². The zero-order valence-corrected chi connectivity index (χ0v) is 13.3. The van der Waals surface area contributed by atoms with Crippen LogP contribution in [0.15, 0.2) is 24.3 Å². The Labute approximate surface area is 126 Å². The second-order valence-electron chi connectivity index (χ2n) is 5.58. The van der Waals surface area contributed by atoms with Crippen molar-refractivity contribution >= 4 is 5.91 Å². The van der Waals surface area contributed by atoms with Crippen molar-refractivity contribution in [2.45, 2.75) is 26.8 Å². The Morgan fingerprint density at radius 1 is 1.24 bits per heavy atom. The van der Waals surface area contributed by atoms with Crippen LogP contribution in [0.25, 0.3) is 0 Å². The summed E-state index contributed by atoms with van der Waals surface area (Å²) in [6.07, 6.45) is 0. The van der Waals surface area contributed by atoms with Gasteiger partial charge in [0.15, 0.2) is 11.5 Å². The third-order valence-corrected chi connectivity index (χ3v) is 3.24. The molecule has 21 heavy (non-hydrogen) atoms. The van der Waals surface area contributed by atoms with Crippen LogP contribution in [0, 0.1) is 11.8 Å². The lowest BCUT2D eigenvalue weighted by atomic mass is 10.0. The maximum Gasteiger partial charge on any atom is 0.237 e. The van der Waals surface area contributed by atoms with E-state index in [1.165, 1.54) is 0 Å². The third-order valence-electron chi connectivity index (χ3n) is 3.24. The number of methoxy groups -OCH3 is 1. The van der Waals surface area contributed by atoms with Gasteiger partial charge >= 0.3 is 0 Å². The Morgan fingerprint density at radius 3 is 2.43 bits per heavy atom. The number of hydrogen-bond donors (Lipinski definition) is 2. The van der Waals surface area contributed by atoms with Crippen LogP contribution in [-0.4, -0.2) is 32.2 Å². The molecule has 1 rings (SSSR count). The number of carbonyl (C=O) groups is 1. The average Bonchev–Trinajstić information content (AvgIpc) is 2.49. The second-order valence-corrected chi connectivity index (χ2v) is 5.58. The van der Waals surface area contributed by atoms with Gasteiger partial charge in [-0.3, -0.25) is 4.79 Å². The lowest BCUT2D eigenvalue weighted by Crippen LogP contribution is -2.45. The van der Waals surface area contributed by atoms with Gasteiger partial charge < -0.3 is 20.5 Å². The zero-order valence-electron chi connectivity index (χ0n) is 13.3. The molecule has 0 aromatic heterocycles. The van der Waals surface area contributed by atoms with Gasteiger partial charge in [0.2, 0.25) is 5.91 Å². The van der Waals surface area contributed by atoms with E-state index in [9.17, 15) is 4.79 Å². The van der Waals surface area contributed by atoms with Crippen molar-refractivity contribution in [1.29, 1.82) is 0 Å². The maximum absolute atomic E-state index is 11.8. The largest absolute Gasteiger partial charge is 0.493 e. The number of nitrogens with one attached hydrogen (secondary N) is 1. The molecule has 0 fully saturated rings. The molecule has 0 aliphatic rings. The molecule has 1 unspecified atom stereocenters. The third kappa shape index (κ3) is 5.63. The average molecular weight is 294 g/mol. The van der Waals surface area contributed by atoms with Crippen molar-refractivity contribution < 1.29 is 14.3 Å². The van der Waals surface area contributed by atoms with Crippen LogP contribution < -0.4 is 20.5 Å². The van der Waals surface area contributed by atoms with Gasteiger partial charge in [-0.15, -0.1) is 0 Å². The number of para-hydroxylation sites is 2. The van der Waals surface area contributed by atoms with E-state index >= 15 is 0 Å². The van der Waals surface area contributed by atoms with Gasteiger partial charge in [-0.25, -0.2) is 0 Å². The van der Waals surface area contributed by atoms with Crippen LogP contribution in [0.5, 0.6) is 11.5 Å². The van der Waals surface area contributed by atoms with E-state index in [1.807, 2.05) is 45.0 Å². The summed E-state index contributed by atoms with van der Waals surface area (Å²) in [4.78, 5) is 11.8. The van der Waals surface area contributed by atoms with Crippen molar-refractivity contribution in [1.82, 2.24) is 5.32 Å². The molecule has 3 N–H and O–H groups in total. The molecule has 1 aromatic rings. The maximum atomic E-state index is 11.8. The van der Waals surface area contributed by atoms with E-state index in [1.54, 1.807) is 7.11 Å². The molecule has 5 heteroatoms. The van der Waals surface area contributed by atoms with Gasteiger partial charge in [0, 0.05) is 12.5 Å². The second kappa shape index (κ2) is 8.52. The number of carbonyl (C=O) groups excluding carboxylic acids is 1. The normalized spacial score (nSPS) is 13.6. The molecule has 0 saturated carbocycles. The van der Waals surface area contributed by atoms with Crippen molar-refractivity contribution in [3.8, 4) is 11.5 Å². The highest BCUT2D eigenvalue weighted by atomic mass is 16.5.